The van der Waals surface area contributed by atoms with Crippen molar-refractivity contribution in [3.05, 3.63) is 63.9 Å². The van der Waals surface area contributed by atoms with Crippen LogP contribution >= 0.6 is 15.9 Å². The van der Waals surface area contributed by atoms with Crippen LogP contribution in [0.1, 0.15) is 34.1 Å². The van der Waals surface area contributed by atoms with Crippen molar-refractivity contribution >= 4 is 27.7 Å². The van der Waals surface area contributed by atoms with Gasteiger partial charge in [-0.25, -0.2) is 9.18 Å². The van der Waals surface area contributed by atoms with Gasteiger partial charge in [0.1, 0.15) is 11.6 Å². The van der Waals surface area contributed by atoms with Crippen molar-refractivity contribution in [2.75, 3.05) is 0 Å². The number of hydrogen-bond acceptors (Lipinski definition) is 3. The third-order valence-corrected chi connectivity index (χ3v) is 3.52. The second kappa shape index (κ2) is 6.63. The Labute approximate surface area is 129 Å². The van der Waals surface area contributed by atoms with Gasteiger partial charge in [0.15, 0.2) is 5.78 Å². The van der Waals surface area contributed by atoms with Crippen LogP contribution in [0.3, 0.4) is 0 Å². The maximum atomic E-state index is 13.0. The van der Waals surface area contributed by atoms with E-state index < -0.39 is 11.8 Å². The molecule has 0 saturated carbocycles. The Kier molecular flexibility index (Phi) is 4.85. The normalized spacial score (nSPS) is 10.2. The topological polar surface area (TPSA) is 43.4 Å². The largest absolute Gasteiger partial charge is 0.423 e. The zero-order chi connectivity index (χ0) is 15.4. The predicted molar refractivity (Wildman–Crippen MR) is 80.1 cm³/mol. The van der Waals surface area contributed by atoms with E-state index in [0.717, 1.165) is 0 Å². The molecular weight excluding hydrogens is 339 g/mol. The molecular formula is C16H12BrFO3. The molecule has 108 valence electrons. The SMILES string of the molecule is CCC(=O)c1ccc(OC(=O)c2ccc(F)cc2Br)cc1. The molecule has 0 fully saturated rings. The van der Waals surface area contributed by atoms with Crippen molar-refractivity contribution in [1.82, 2.24) is 0 Å². The molecule has 0 aliphatic rings. The van der Waals surface area contributed by atoms with Gasteiger partial charge in [0.2, 0.25) is 0 Å². The Hall–Kier alpha value is -2.01. The van der Waals surface area contributed by atoms with Crippen LogP contribution in [0.5, 0.6) is 5.75 Å². The average molecular weight is 351 g/mol. The number of ether oxygens (including phenoxy) is 1. The first-order valence-corrected chi connectivity index (χ1v) is 7.11. The minimum absolute atomic E-state index is 0.0224. The summed E-state index contributed by atoms with van der Waals surface area (Å²) in [5.74, 6) is -0.699. The lowest BCUT2D eigenvalue weighted by atomic mass is 10.1. The highest BCUT2D eigenvalue weighted by Crippen LogP contribution is 2.21. The van der Waals surface area contributed by atoms with Gasteiger partial charge in [-0.1, -0.05) is 6.92 Å². The first-order valence-electron chi connectivity index (χ1n) is 6.31. The maximum absolute atomic E-state index is 13.0. The molecule has 2 aromatic carbocycles. The predicted octanol–water partition coefficient (Wildman–Crippen LogP) is 4.40. The highest BCUT2D eigenvalue weighted by Gasteiger charge is 2.13. The van der Waals surface area contributed by atoms with Crippen LogP contribution in [0.2, 0.25) is 0 Å². The molecule has 0 aromatic heterocycles. The third kappa shape index (κ3) is 3.76. The van der Waals surface area contributed by atoms with Gasteiger partial charge >= 0.3 is 5.97 Å². The summed E-state index contributed by atoms with van der Waals surface area (Å²) in [5.41, 5.74) is 0.797. The number of esters is 1. The third-order valence-electron chi connectivity index (χ3n) is 2.86. The van der Waals surface area contributed by atoms with Crippen molar-refractivity contribution in [1.29, 1.82) is 0 Å². The van der Waals surface area contributed by atoms with Gasteiger partial charge in [0, 0.05) is 16.5 Å². The summed E-state index contributed by atoms with van der Waals surface area (Å²) in [6.45, 7) is 1.78. The molecule has 0 heterocycles. The molecule has 0 N–H and O–H groups in total. The summed E-state index contributed by atoms with van der Waals surface area (Å²) in [5, 5.41) is 0. The molecule has 2 rings (SSSR count). The van der Waals surface area contributed by atoms with Crippen LogP contribution in [-0.2, 0) is 0 Å². The highest BCUT2D eigenvalue weighted by atomic mass is 79.9. The molecule has 21 heavy (non-hydrogen) atoms. The van der Waals surface area contributed by atoms with Crippen molar-refractivity contribution in [2.24, 2.45) is 0 Å². The van der Waals surface area contributed by atoms with E-state index in [0.29, 0.717) is 22.2 Å². The summed E-state index contributed by atoms with van der Waals surface area (Å²) in [4.78, 5) is 23.5. The molecule has 0 atom stereocenters. The molecule has 2 aromatic rings. The molecule has 0 amide bonds. The van der Waals surface area contributed by atoms with Crippen molar-refractivity contribution in [3.63, 3.8) is 0 Å². The number of halogens is 2. The lowest BCUT2D eigenvalue weighted by molar-refractivity contribution is 0.0733. The highest BCUT2D eigenvalue weighted by molar-refractivity contribution is 9.10. The first kappa shape index (κ1) is 15.4. The Balaban J connectivity index is 2.14. The fraction of sp³-hybridized carbons (Fsp3) is 0.125. The minimum Gasteiger partial charge on any atom is -0.423 e. The number of hydrogen-bond donors (Lipinski definition) is 0. The summed E-state index contributed by atoms with van der Waals surface area (Å²) in [6, 6.07) is 10.0. The van der Waals surface area contributed by atoms with E-state index in [1.165, 1.54) is 18.2 Å². The number of benzene rings is 2. The van der Waals surface area contributed by atoms with Gasteiger partial charge in [-0.2, -0.15) is 0 Å². The van der Waals surface area contributed by atoms with Crippen LogP contribution in [0.15, 0.2) is 46.9 Å². The fourth-order valence-corrected chi connectivity index (χ4v) is 2.24. The van der Waals surface area contributed by atoms with Crippen molar-refractivity contribution < 1.29 is 18.7 Å². The van der Waals surface area contributed by atoms with Crippen LogP contribution in [0, 0.1) is 5.82 Å². The number of rotatable bonds is 4. The van der Waals surface area contributed by atoms with Crippen molar-refractivity contribution in [2.45, 2.75) is 13.3 Å². The van der Waals surface area contributed by atoms with E-state index in [-0.39, 0.29) is 11.3 Å². The first-order chi connectivity index (χ1) is 10.0. The minimum atomic E-state index is -0.601. The molecule has 5 heteroatoms. The van der Waals surface area contributed by atoms with Crippen LogP contribution in [0.25, 0.3) is 0 Å². The smallest absolute Gasteiger partial charge is 0.344 e. The van der Waals surface area contributed by atoms with E-state index in [2.05, 4.69) is 15.9 Å². The zero-order valence-electron chi connectivity index (χ0n) is 11.2. The zero-order valence-corrected chi connectivity index (χ0v) is 12.8. The van der Waals surface area contributed by atoms with Crippen LogP contribution in [0.4, 0.5) is 4.39 Å². The lowest BCUT2D eigenvalue weighted by Crippen LogP contribution is -2.09. The molecule has 0 bridgehead atoms. The summed E-state index contributed by atoms with van der Waals surface area (Å²) >= 11 is 3.12. The molecule has 0 unspecified atom stereocenters. The van der Waals surface area contributed by atoms with Gasteiger partial charge in [0.25, 0.3) is 0 Å². The van der Waals surface area contributed by atoms with Gasteiger partial charge in [-0.3, -0.25) is 4.79 Å². The number of ketones is 1. The molecule has 3 nitrogen and oxygen atoms in total. The van der Waals surface area contributed by atoms with E-state index in [1.54, 1.807) is 31.2 Å². The molecule has 0 saturated heterocycles. The average Bonchev–Trinajstić information content (AvgIpc) is 2.47. The van der Waals surface area contributed by atoms with Gasteiger partial charge in [-0.05, 0) is 58.4 Å². The summed E-state index contributed by atoms with van der Waals surface area (Å²) in [7, 11) is 0. The van der Waals surface area contributed by atoms with Crippen molar-refractivity contribution in [3.8, 4) is 5.75 Å². The lowest BCUT2D eigenvalue weighted by Gasteiger charge is -2.06. The Morgan fingerprint density at radius 1 is 1.14 bits per heavy atom. The Morgan fingerprint density at radius 3 is 2.38 bits per heavy atom. The van der Waals surface area contributed by atoms with Crippen LogP contribution in [-0.4, -0.2) is 11.8 Å². The monoisotopic (exact) mass is 350 g/mol. The van der Waals surface area contributed by atoms with Gasteiger partial charge < -0.3 is 4.74 Å². The molecule has 0 aliphatic carbocycles. The van der Waals surface area contributed by atoms with E-state index >= 15 is 0 Å². The Morgan fingerprint density at radius 2 is 1.81 bits per heavy atom. The Bertz CT molecular complexity index is 680. The van der Waals surface area contributed by atoms with Gasteiger partial charge in [-0.15, -0.1) is 0 Å². The summed E-state index contributed by atoms with van der Waals surface area (Å²) in [6.07, 6.45) is 0.418. The van der Waals surface area contributed by atoms with E-state index in [9.17, 15) is 14.0 Å². The van der Waals surface area contributed by atoms with Crippen LogP contribution < -0.4 is 4.74 Å². The van der Waals surface area contributed by atoms with Gasteiger partial charge in [0.05, 0.1) is 5.56 Å². The number of Topliss-reactive ketones (excluding diaryl/α,β-unsaturated/α-hetero) is 1. The second-order valence-corrected chi connectivity index (χ2v) is 5.17. The summed E-state index contributed by atoms with van der Waals surface area (Å²) < 4.78 is 18.5. The van der Waals surface area contributed by atoms with E-state index in [1.807, 2.05) is 0 Å². The fourth-order valence-electron chi connectivity index (χ4n) is 1.73. The molecule has 0 aliphatic heterocycles. The molecule has 0 spiro atoms. The number of carbonyl (C=O) groups excluding carboxylic acids is 2. The maximum Gasteiger partial charge on any atom is 0.344 e. The standard InChI is InChI=1S/C16H12BrFO3/c1-2-15(19)10-3-6-12(7-4-10)21-16(20)13-8-5-11(18)9-14(13)17/h3-9H,2H2,1H3. The van der Waals surface area contributed by atoms with E-state index in [4.69, 9.17) is 4.74 Å². The number of carbonyl (C=O) groups is 2. The molecule has 0 radical (unpaired) electrons. The quantitative estimate of drug-likeness (QED) is 0.466. The second-order valence-electron chi connectivity index (χ2n) is 4.31.